The number of rotatable bonds is 12. The Labute approximate surface area is 301 Å². The van der Waals surface area contributed by atoms with Crippen LogP contribution in [-0.4, -0.2) is 66.1 Å². The first-order valence-electron chi connectivity index (χ1n) is 15.8. The molecule has 0 unspecified atom stereocenters. The van der Waals surface area contributed by atoms with Gasteiger partial charge in [0.25, 0.3) is 11.5 Å². The summed E-state index contributed by atoms with van der Waals surface area (Å²) in [5.74, 6) is -4.93. The lowest BCUT2D eigenvalue weighted by atomic mass is 9.88. The van der Waals surface area contributed by atoms with E-state index >= 15 is 4.39 Å². The van der Waals surface area contributed by atoms with Crippen LogP contribution in [0, 0.1) is 18.7 Å². The Kier molecular flexibility index (Phi) is 12.1. The number of carbonyl (C=O) groups is 4. The van der Waals surface area contributed by atoms with Crippen molar-refractivity contribution in [3.63, 3.8) is 0 Å². The molecule has 0 bridgehead atoms. The van der Waals surface area contributed by atoms with Crippen molar-refractivity contribution in [3.05, 3.63) is 119 Å². The van der Waals surface area contributed by atoms with Gasteiger partial charge in [-0.25, -0.2) is 18.7 Å². The van der Waals surface area contributed by atoms with Crippen LogP contribution in [0.2, 0.25) is 0 Å². The van der Waals surface area contributed by atoms with E-state index in [1.807, 2.05) is 0 Å². The number of nitrogens with zero attached hydrogens (tertiary/aromatic N) is 3. The minimum atomic E-state index is -1.60. The van der Waals surface area contributed by atoms with Gasteiger partial charge in [-0.05, 0) is 56.3 Å². The molecule has 0 fully saturated rings. The Hall–Kier alpha value is -6.81. The van der Waals surface area contributed by atoms with Gasteiger partial charge in [0.2, 0.25) is 0 Å². The van der Waals surface area contributed by atoms with E-state index < -0.39 is 46.6 Å². The van der Waals surface area contributed by atoms with Crippen molar-refractivity contribution in [3.8, 4) is 22.9 Å². The van der Waals surface area contributed by atoms with Crippen LogP contribution in [0.5, 0.6) is 17.2 Å². The van der Waals surface area contributed by atoms with Gasteiger partial charge in [0.05, 0.1) is 24.0 Å². The highest BCUT2D eigenvalue weighted by Crippen LogP contribution is 2.33. The normalized spacial score (nSPS) is 12.6. The molecule has 0 spiro atoms. The molecule has 0 saturated heterocycles. The largest absolute Gasteiger partial charge is 0.497 e. The lowest BCUT2D eigenvalue weighted by Gasteiger charge is -2.28. The Balaban J connectivity index is 0.000000703. The number of fused-ring (bicyclic) bond motifs is 1. The monoisotopic (exact) mass is 729 g/mol. The molecular weight excluding hydrogens is 693 g/mol. The minimum absolute atomic E-state index is 0.0275. The lowest BCUT2D eigenvalue weighted by molar-refractivity contribution is -0.144. The van der Waals surface area contributed by atoms with E-state index in [-0.39, 0.29) is 29.2 Å². The first kappa shape index (κ1) is 39.0. The molecule has 6 N–H and O–H groups in total. The van der Waals surface area contributed by atoms with Gasteiger partial charge in [0.1, 0.15) is 22.6 Å². The summed E-state index contributed by atoms with van der Waals surface area (Å²) in [6.07, 6.45) is 2.65. The predicted molar refractivity (Wildman–Crippen MR) is 191 cm³/mol. The third kappa shape index (κ3) is 9.11. The number of amides is 1. The molecule has 0 radical (unpaired) electrons. The van der Waals surface area contributed by atoms with Crippen molar-refractivity contribution in [1.82, 2.24) is 14.3 Å². The van der Waals surface area contributed by atoms with Crippen molar-refractivity contribution >= 4 is 40.4 Å². The second kappa shape index (κ2) is 16.5. The zero-order valence-corrected chi connectivity index (χ0v) is 28.9. The van der Waals surface area contributed by atoms with Crippen LogP contribution >= 0.6 is 0 Å². The molecule has 2 atom stereocenters. The number of pyridine rings is 1. The molecule has 3 aromatic carbocycles. The number of nitrogens with one attached hydrogen (secondary N) is 1. The van der Waals surface area contributed by atoms with Crippen molar-refractivity contribution in [2.24, 2.45) is 11.7 Å². The smallest absolute Gasteiger partial charge is 0.328 e. The maximum atomic E-state index is 15.2. The number of aromatic nitrogens is 3. The van der Waals surface area contributed by atoms with Crippen LogP contribution in [0.25, 0.3) is 16.6 Å². The third-order valence-corrected chi connectivity index (χ3v) is 8.24. The number of aliphatic carboxylic acids is 3. The van der Waals surface area contributed by atoms with Crippen molar-refractivity contribution in [2.45, 2.75) is 32.9 Å². The maximum absolute atomic E-state index is 15.2. The highest BCUT2D eigenvalue weighted by molar-refractivity contribution is 6.05. The van der Waals surface area contributed by atoms with Gasteiger partial charge in [-0.3, -0.25) is 24.0 Å². The standard InChI is InChI=1S/C33H32FN5O6.C4H4O4/c1-19(33(3,35)32(42)43)18-38-20(2)29(31(41)39(38)22-8-6-5-7-9-22)30(40)37-21-10-13-28(25(34)16-21)45-27-14-15-36-26-17-23(44-4)11-12-24(26)27;5-3(6)1-2-4(7)8/h5-17,19H,18,35H2,1-4H3,(H,37,40)(H,42,43);1-2H,(H,5,6)(H,7,8)/b;2-1+/t19-,33+;/m1./s1. The van der Waals surface area contributed by atoms with Crippen LogP contribution in [0.3, 0.4) is 0 Å². The second-order valence-electron chi connectivity index (χ2n) is 11.9. The first-order chi connectivity index (χ1) is 25.0. The number of para-hydroxylation sites is 1. The highest BCUT2D eigenvalue weighted by Gasteiger charge is 2.36. The Morgan fingerprint density at radius 1 is 0.981 bits per heavy atom. The summed E-state index contributed by atoms with van der Waals surface area (Å²) in [7, 11) is 1.55. The topological polar surface area (TPSA) is 225 Å². The fraction of sp³-hybridized carbons (Fsp3) is 0.189. The maximum Gasteiger partial charge on any atom is 0.328 e. The molecule has 0 aliphatic carbocycles. The quantitative estimate of drug-likeness (QED) is 0.109. The number of ether oxygens (including phenoxy) is 2. The van der Waals surface area contributed by atoms with Gasteiger partial charge in [-0.1, -0.05) is 25.1 Å². The lowest BCUT2D eigenvalue weighted by Crippen LogP contribution is -2.52. The molecule has 0 aliphatic rings. The predicted octanol–water partition coefficient (Wildman–Crippen LogP) is 4.84. The molecule has 5 aromatic rings. The molecule has 15 nitrogen and oxygen atoms in total. The fourth-order valence-electron chi connectivity index (χ4n) is 5.05. The van der Waals surface area contributed by atoms with Crippen molar-refractivity contribution in [1.29, 1.82) is 0 Å². The number of anilines is 1. The summed E-state index contributed by atoms with van der Waals surface area (Å²) in [5.41, 5.74) is 5.13. The minimum Gasteiger partial charge on any atom is -0.497 e. The van der Waals surface area contributed by atoms with E-state index in [0.29, 0.717) is 40.2 Å². The molecule has 1 amide bonds. The van der Waals surface area contributed by atoms with Crippen LogP contribution in [0.4, 0.5) is 10.1 Å². The average molecular weight is 730 g/mol. The molecule has 276 valence electrons. The van der Waals surface area contributed by atoms with Crippen LogP contribution in [-0.2, 0) is 20.9 Å². The van der Waals surface area contributed by atoms with E-state index in [4.69, 9.17) is 25.4 Å². The summed E-state index contributed by atoms with van der Waals surface area (Å²) in [6.45, 7) is 4.67. The zero-order chi connectivity index (χ0) is 39.0. The molecular formula is C37H36FN5O10. The first-order valence-corrected chi connectivity index (χ1v) is 15.8. The van der Waals surface area contributed by atoms with Crippen LogP contribution < -0.4 is 26.1 Å². The number of hydrogen-bond donors (Lipinski definition) is 5. The summed E-state index contributed by atoms with van der Waals surface area (Å²) in [6, 6.07) is 19.4. The van der Waals surface area contributed by atoms with E-state index in [2.05, 4.69) is 10.3 Å². The number of carbonyl (C=O) groups excluding carboxylic acids is 1. The number of carboxylic acids is 3. The SMILES string of the molecule is COc1ccc2c(Oc3ccc(NC(=O)c4c(C)n(C[C@@H](C)[C@](C)(N)C(=O)O)n(-c5ccccc5)c4=O)cc3F)ccnc2c1.O=C(O)/C=C/C(=O)O. The molecule has 16 heteroatoms. The van der Waals surface area contributed by atoms with E-state index in [1.165, 1.54) is 34.6 Å². The van der Waals surface area contributed by atoms with E-state index in [1.54, 1.807) is 75.6 Å². The van der Waals surface area contributed by atoms with Crippen LogP contribution in [0.15, 0.2) is 95.9 Å². The number of carboxylic acid groups (broad SMARTS) is 3. The highest BCUT2D eigenvalue weighted by atomic mass is 19.1. The summed E-state index contributed by atoms with van der Waals surface area (Å²) in [5, 5.41) is 28.5. The number of nitrogens with two attached hydrogens (primary N) is 1. The second-order valence-corrected chi connectivity index (χ2v) is 11.9. The summed E-state index contributed by atoms with van der Waals surface area (Å²) in [4.78, 5) is 62.4. The number of hydrogen-bond acceptors (Lipinski definition) is 9. The van der Waals surface area contributed by atoms with Gasteiger partial charge in [0.15, 0.2) is 11.6 Å². The van der Waals surface area contributed by atoms with Gasteiger partial charge in [0, 0.05) is 54.0 Å². The van der Waals surface area contributed by atoms with Gasteiger partial charge >= 0.3 is 17.9 Å². The summed E-state index contributed by atoms with van der Waals surface area (Å²) >= 11 is 0. The molecule has 5 rings (SSSR count). The molecule has 2 heterocycles. The van der Waals surface area contributed by atoms with Crippen LogP contribution in [0.1, 0.15) is 29.9 Å². The molecule has 53 heavy (non-hydrogen) atoms. The zero-order valence-electron chi connectivity index (χ0n) is 28.9. The third-order valence-electron chi connectivity index (χ3n) is 8.24. The van der Waals surface area contributed by atoms with E-state index in [9.17, 15) is 29.1 Å². The Morgan fingerprint density at radius 3 is 2.23 bits per heavy atom. The number of methoxy groups -OCH3 is 1. The van der Waals surface area contributed by atoms with Gasteiger partial charge in [-0.2, -0.15) is 0 Å². The van der Waals surface area contributed by atoms with E-state index in [0.717, 1.165) is 6.07 Å². The fourth-order valence-corrected chi connectivity index (χ4v) is 5.05. The van der Waals surface area contributed by atoms with Crippen molar-refractivity contribution in [2.75, 3.05) is 12.4 Å². The molecule has 0 saturated carbocycles. The number of halogens is 1. The van der Waals surface area contributed by atoms with Gasteiger partial charge < -0.3 is 35.8 Å². The molecule has 0 aliphatic heterocycles. The average Bonchev–Trinajstić information content (AvgIpc) is 3.36. The number of benzene rings is 3. The Morgan fingerprint density at radius 2 is 1.64 bits per heavy atom. The van der Waals surface area contributed by atoms with Gasteiger partial charge in [-0.15, -0.1) is 0 Å². The molecule has 2 aromatic heterocycles. The van der Waals surface area contributed by atoms with Crippen molar-refractivity contribution < 1.29 is 48.4 Å². The Bertz CT molecular complexity index is 2250. The summed E-state index contributed by atoms with van der Waals surface area (Å²) < 4.78 is 29.2.